The Labute approximate surface area is 125 Å². The van der Waals surface area contributed by atoms with Crippen LogP contribution in [0.15, 0.2) is 35.5 Å². The van der Waals surface area contributed by atoms with Crippen molar-refractivity contribution in [2.45, 2.75) is 25.9 Å². The smallest absolute Gasteiger partial charge is 0.137 e. The number of benzene rings is 1. The molecule has 2 atom stereocenters. The first kappa shape index (κ1) is 15.1. The van der Waals surface area contributed by atoms with E-state index in [4.69, 9.17) is 21.1 Å². The maximum Gasteiger partial charge on any atom is 0.137 e. The molecule has 1 aromatic rings. The van der Waals surface area contributed by atoms with Gasteiger partial charge in [-0.2, -0.15) is 0 Å². The number of ether oxygens (including phenoxy) is 2. The van der Waals surface area contributed by atoms with Gasteiger partial charge >= 0.3 is 0 Å². The lowest BCUT2D eigenvalue weighted by Gasteiger charge is -2.22. The van der Waals surface area contributed by atoms with Gasteiger partial charge in [0.1, 0.15) is 5.75 Å². The minimum atomic E-state index is 0.00112. The monoisotopic (exact) mass is 293 g/mol. The van der Waals surface area contributed by atoms with Crippen molar-refractivity contribution in [3.05, 3.63) is 41.1 Å². The average molecular weight is 294 g/mol. The Kier molecular flexibility index (Phi) is 5.21. The van der Waals surface area contributed by atoms with Crippen LogP contribution in [0, 0.1) is 5.92 Å². The second-order valence-electron chi connectivity index (χ2n) is 5.16. The first-order valence-electron chi connectivity index (χ1n) is 6.77. The van der Waals surface area contributed by atoms with Crippen molar-refractivity contribution < 1.29 is 9.47 Å². The molecular weight excluding hydrogens is 274 g/mol. The van der Waals surface area contributed by atoms with Gasteiger partial charge in [-0.25, -0.2) is 0 Å². The highest BCUT2D eigenvalue weighted by Gasteiger charge is 2.20. The van der Waals surface area contributed by atoms with E-state index in [9.17, 15) is 0 Å². The molecule has 1 aromatic carbocycles. The molecular formula is C16H20ClNO2. The van der Waals surface area contributed by atoms with Crippen LogP contribution < -0.4 is 4.74 Å². The van der Waals surface area contributed by atoms with Gasteiger partial charge in [0, 0.05) is 19.5 Å². The van der Waals surface area contributed by atoms with Crippen molar-refractivity contribution >= 4 is 17.8 Å². The molecule has 108 valence electrons. The van der Waals surface area contributed by atoms with E-state index in [1.807, 2.05) is 24.4 Å². The van der Waals surface area contributed by atoms with Crippen molar-refractivity contribution in [1.29, 1.82) is 0 Å². The van der Waals surface area contributed by atoms with E-state index < -0.39 is 0 Å². The molecule has 0 saturated heterocycles. The number of hydrogen-bond donors (Lipinski definition) is 0. The molecule has 0 saturated carbocycles. The molecule has 0 aliphatic carbocycles. The third kappa shape index (κ3) is 3.62. The molecule has 0 N–H and O–H groups in total. The zero-order chi connectivity index (χ0) is 14.5. The summed E-state index contributed by atoms with van der Waals surface area (Å²) in [6, 6.07) is 5.94. The van der Waals surface area contributed by atoms with E-state index >= 15 is 0 Å². The molecule has 1 aliphatic rings. The summed E-state index contributed by atoms with van der Waals surface area (Å²) in [5, 5.41) is 0.647. The van der Waals surface area contributed by atoms with Gasteiger partial charge in [-0.3, -0.25) is 4.99 Å². The lowest BCUT2D eigenvalue weighted by Crippen LogP contribution is -2.29. The summed E-state index contributed by atoms with van der Waals surface area (Å²) >= 11 is 6.26. The number of nitrogens with zero attached hydrogens (tertiary/aromatic N) is 1. The molecule has 4 heteroatoms. The van der Waals surface area contributed by atoms with Crippen LogP contribution in [-0.4, -0.2) is 26.0 Å². The Balaban J connectivity index is 2.00. The number of rotatable bonds is 5. The van der Waals surface area contributed by atoms with Crippen LogP contribution in [0.4, 0.5) is 0 Å². The molecule has 0 aromatic heterocycles. The molecule has 1 aliphatic heterocycles. The second-order valence-corrected chi connectivity index (χ2v) is 5.57. The number of halogens is 1. The fourth-order valence-electron chi connectivity index (χ4n) is 2.09. The second kappa shape index (κ2) is 6.91. The Bertz CT molecular complexity index is 511. The summed E-state index contributed by atoms with van der Waals surface area (Å²) in [7, 11) is 1.69. The molecule has 0 bridgehead atoms. The summed E-state index contributed by atoms with van der Waals surface area (Å²) in [6.07, 6.45) is 5.53. The van der Waals surface area contributed by atoms with E-state index in [1.165, 1.54) is 5.56 Å². The maximum absolute atomic E-state index is 6.26. The molecule has 0 radical (unpaired) electrons. The minimum Gasteiger partial charge on any atom is -0.491 e. The standard InChI is InChI=1S/C16H20ClNO2/c1-11(2)12-4-5-16(14(17)8-12)20-10-13-9-18-7-6-15(13)19-3/h4-9,11,13,15H,10H2,1-3H3. The third-order valence-electron chi connectivity index (χ3n) is 3.39. The topological polar surface area (TPSA) is 30.8 Å². The Morgan fingerprint density at radius 2 is 2.15 bits per heavy atom. The Hall–Kier alpha value is -1.32. The third-order valence-corrected chi connectivity index (χ3v) is 3.68. The van der Waals surface area contributed by atoms with Crippen LogP contribution in [0.25, 0.3) is 0 Å². The normalized spacial score (nSPS) is 21.4. The van der Waals surface area contributed by atoms with E-state index in [1.54, 1.807) is 13.3 Å². The van der Waals surface area contributed by atoms with Gasteiger partial charge in [0.2, 0.25) is 0 Å². The Morgan fingerprint density at radius 3 is 2.80 bits per heavy atom. The van der Waals surface area contributed by atoms with Gasteiger partial charge in [0.25, 0.3) is 0 Å². The lowest BCUT2D eigenvalue weighted by molar-refractivity contribution is 0.0920. The van der Waals surface area contributed by atoms with Crippen molar-refractivity contribution in [2.24, 2.45) is 10.9 Å². The van der Waals surface area contributed by atoms with Crippen LogP contribution in [0.5, 0.6) is 5.75 Å². The maximum atomic E-state index is 6.26. The van der Waals surface area contributed by atoms with Gasteiger partial charge < -0.3 is 9.47 Å². The molecule has 0 amide bonds. The number of hydrogen-bond acceptors (Lipinski definition) is 3. The highest BCUT2D eigenvalue weighted by atomic mass is 35.5. The Morgan fingerprint density at radius 1 is 1.35 bits per heavy atom. The van der Waals surface area contributed by atoms with Crippen LogP contribution >= 0.6 is 11.6 Å². The largest absolute Gasteiger partial charge is 0.491 e. The zero-order valence-electron chi connectivity index (χ0n) is 12.0. The molecule has 0 spiro atoms. The van der Waals surface area contributed by atoms with Crippen LogP contribution in [0.1, 0.15) is 25.3 Å². The number of aliphatic imine (C=N–C) groups is 1. The summed E-state index contributed by atoms with van der Waals surface area (Å²) in [4.78, 5) is 4.13. The first-order valence-corrected chi connectivity index (χ1v) is 7.14. The van der Waals surface area contributed by atoms with Crippen molar-refractivity contribution in [3.63, 3.8) is 0 Å². The van der Waals surface area contributed by atoms with Crippen molar-refractivity contribution in [3.8, 4) is 5.75 Å². The number of methoxy groups -OCH3 is 1. The summed E-state index contributed by atoms with van der Waals surface area (Å²) in [6.45, 7) is 4.77. The molecule has 3 nitrogen and oxygen atoms in total. The average Bonchev–Trinajstić information content (AvgIpc) is 2.46. The summed E-state index contributed by atoms with van der Waals surface area (Å²) in [5.41, 5.74) is 1.21. The van der Waals surface area contributed by atoms with Crippen molar-refractivity contribution in [2.75, 3.05) is 13.7 Å². The predicted octanol–water partition coefficient (Wildman–Crippen LogP) is 4.07. The van der Waals surface area contributed by atoms with E-state index in [2.05, 4.69) is 24.9 Å². The van der Waals surface area contributed by atoms with Crippen LogP contribution in [0.2, 0.25) is 5.02 Å². The first-order chi connectivity index (χ1) is 9.61. The lowest BCUT2D eigenvalue weighted by atomic mass is 10.0. The summed E-state index contributed by atoms with van der Waals surface area (Å²) in [5.74, 6) is 1.26. The van der Waals surface area contributed by atoms with Gasteiger partial charge in [0.15, 0.2) is 0 Å². The van der Waals surface area contributed by atoms with Gasteiger partial charge in [-0.05, 0) is 29.7 Å². The van der Waals surface area contributed by atoms with Crippen molar-refractivity contribution in [1.82, 2.24) is 0 Å². The predicted molar refractivity (Wildman–Crippen MR) is 83.0 cm³/mol. The molecule has 20 heavy (non-hydrogen) atoms. The molecule has 2 unspecified atom stereocenters. The minimum absolute atomic E-state index is 0.00112. The molecule has 1 heterocycles. The van der Waals surface area contributed by atoms with Crippen LogP contribution in [0.3, 0.4) is 0 Å². The highest BCUT2D eigenvalue weighted by molar-refractivity contribution is 6.32. The van der Waals surface area contributed by atoms with Crippen LogP contribution in [-0.2, 0) is 4.74 Å². The highest BCUT2D eigenvalue weighted by Crippen LogP contribution is 2.29. The van der Waals surface area contributed by atoms with Gasteiger partial charge in [-0.1, -0.05) is 31.5 Å². The van der Waals surface area contributed by atoms with E-state index in [0.29, 0.717) is 23.3 Å². The van der Waals surface area contributed by atoms with E-state index in [-0.39, 0.29) is 12.0 Å². The fraction of sp³-hybridized carbons (Fsp3) is 0.438. The molecule has 2 rings (SSSR count). The fourth-order valence-corrected chi connectivity index (χ4v) is 2.34. The summed E-state index contributed by atoms with van der Waals surface area (Å²) < 4.78 is 11.2. The quantitative estimate of drug-likeness (QED) is 0.819. The SMILES string of the molecule is COC1C=CN=CC1COc1ccc(C(C)C)cc1Cl. The zero-order valence-corrected chi connectivity index (χ0v) is 12.8. The van der Waals surface area contributed by atoms with Gasteiger partial charge in [-0.15, -0.1) is 0 Å². The van der Waals surface area contributed by atoms with E-state index in [0.717, 1.165) is 0 Å². The molecule has 0 fully saturated rings. The van der Waals surface area contributed by atoms with Gasteiger partial charge in [0.05, 0.1) is 23.7 Å².